The molecule has 0 spiro atoms. The first kappa shape index (κ1) is 10.7. The topological polar surface area (TPSA) is 15.8 Å². The number of aromatic amines is 1. The molecule has 96 valence electrons. The van der Waals surface area contributed by atoms with Crippen LogP contribution in [0.15, 0.2) is 42.5 Å². The molecule has 1 N–H and O–H groups in total. The van der Waals surface area contributed by atoms with Crippen molar-refractivity contribution in [1.29, 1.82) is 0 Å². The van der Waals surface area contributed by atoms with Gasteiger partial charge in [-0.05, 0) is 31.0 Å². The Hall–Kier alpha value is -2.06. The summed E-state index contributed by atoms with van der Waals surface area (Å²) in [7, 11) is 0. The third kappa shape index (κ3) is 1.27. The molecule has 0 bridgehead atoms. The summed E-state index contributed by atoms with van der Waals surface area (Å²) >= 11 is 1.89. The zero-order valence-electron chi connectivity index (χ0n) is 10.9. The largest absolute Gasteiger partial charge is 0.358 e. The molecule has 0 amide bonds. The van der Waals surface area contributed by atoms with Crippen LogP contribution in [0.2, 0.25) is 0 Å². The first-order chi connectivity index (χ1) is 9.92. The second kappa shape index (κ2) is 3.74. The molecule has 0 radical (unpaired) electrons. The number of H-pyrrole nitrogens is 1. The minimum Gasteiger partial charge on any atom is -0.358 e. The summed E-state index contributed by atoms with van der Waals surface area (Å²) in [4.78, 5) is 3.62. The van der Waals surface area contributed by atoms with E-state index in [-0.39, 0.29) is 0 Å². The molecule has 1 aliphatic rings. The van der Waals surface area contributed by atoms with Crippen molar-refractivity contribution in [2.45, 2.75) is 12.8 Å². The lowest BCUT2D eigenvalue weighted by Gasteiger charge is -2.04. The van der Waals surface area contributed by atoms with E-state index in [9.17, 15) is 0 Å². The first-order valence-corrected chi connectivity index (χ1v) is 7.85. The fraction of sp³-hybridized carbons (Fsp3) is 0.111. The Morgan fingerprint density at radius 1 is 0.950 bits per heavy atom. The fourth-order valence-electron chi connectivity index (χ4n) is 3.39. The van der Waals surface area contributed by atoms with Gasteiger partial charge in [-0.1, -0.05) is 30.4 Å². The van der Waals surface area contributed by atoms with Gasteiger partial charge in [-0.2, -0.15) is 0 Å². The molecular weight excluding hydrogens is 262 g/mol. The highest BCUT2D eigenvalue weighted by atomic mass is 32.1. The predicted octanol–water partition coefficient (Wildman–Crippen LogP) is 5.50. The average molecular weight is 275 g/mol. The highest BCUT2D eigenvalue weighted by molar-refractivity contribution is 7.26. The molecule has 5 rings (SSSR count). The number of allylic oxidation sites excluding steroid dienone is 1. The first-order valence-electron chi connectivity index (χ1n) is 7.03. The number of hydrogen-bond donors (Lipinski definition) is 1. The minimum absolute atomic E-state index is 1.13. The zero-order chi connectivity index (χ0) is 13.1. The molecule has 2 aromatic carbocycles. The van der Waals surface area contributed by atoms with Crippen LogP contribution in [0.5, 0.6) is 0 Å². The number of fused-ring (bicyclic) bond motifs is 7. The number of aromatic nitrogens is 1. The molecule has 2 heteroatoms. The van der Waals surface area contributed by atoms with Gasteiger partial charge in [-0.15, -0.1) is 11.3 Å². The Morgan fingerprint density at radius 3 is 2.90 bits per heavy atom. The van der Waals surface area contributed by atoms with Crippen molar-refractivity contribution in [1.82, 2.24) is 4.98 Å². The maximum Gasteiger partial charge on any atom is 0.0469 e. The summed E-state index contributed by atoms with van der Waals surface area (Å²) in [6.07, 6.45) is 6.87. The molecule has 0 saturated heterocycles. The molecule has 0 fully saturated rings. The van der Waals surface area contributed by atoms with Crippen LogP contribution in [0, 0.1) is 0 Å². The summed E-state index contributed by atoms with van der Waals surface area (Å²) < 4.78 is 2.77. The van der Waals surface area contributed by atoms with Gasteiger partial charge < -0.3 is 4.98 Å². The molecule has 0 unspecified atom stereocenters. The lowest BCUT2D eigenvalue weighted by atomic mass is 9.99. The van der Waals surface area contributed by atoms with Crippen LogP contribution in [-0.4, -0.2) is 4.98 Å². The van der Waals surface area contributed by atoms with E-state index < -0.39 is 0 Å². The smallest absolute Gasteiger partial charge is 0.0469 e. The molecule has 4 aromatic rings. The zero-order valence-corrected chi connectivity index (χ0v) is 11.8. The summed E-state index contributed by atoms with van der Waals surface area (Å²) in [5, 5.41) is 4.22. The number of thiophene rings is 1. The maximum atomic E-state index is 3.62. The molecule has 0 aliphatic heterocycles. The van der Waals surface area contributed by atoms with Crippen molar-refractivity contribution in [2.75, 3.05) is 0 Å². The van der Waals surface area contributed by atoms with Crippen LogP contribution in [-0.2, 0) is 6.42 Å². The summed E-state index contributed by atoms with van der Waals surface area (Å²) in [5.41, 5.74) is 4.07. The van der Waals surface area contributed by atoms with Crippen molar-refractivity contribution in [3.05, 3.63) is 53.7 Å². The van der Waals surface area contributed by atoms with E-state index in [4.69, 9.17) is 0 Å². The van der Waals surface area contributed by atoms with Crippen LogP contribution in [0.25, 0.3) is 37.2 Å². The lowest BCUT2D eigenvalue weighted by Crippen LogP contribution is -1.90. The van der Waals surface area contributed by atoms with Gasteiger partial charge in [-0.25, -0.2) is 0 Å². The Bertz CT molecular complexity index is 1000. The number of aryl methyl sites for hydroxylation is 1. The van der Waals surface area contributed by atoms with Crippen LogP contribution in [0.3, 0.4) is 0 Å². The van der Waals surface area contributed by atoms with Gasteiger partial charge >= 0.3 is 0 Å². The summed E-state index contributed by atoms with van der Waals surface area (Å²) in [6.45, 7) is 0. The Balaban J connectivity index is 2.10. The second-order valence-corrected chi connectivity index (χ2v) is 6.50. The van der Waals surface area contributed by atoms with Crippen LogP contribution in [0.1, 0.15) is 17.7 Å². The van der Waals surface area contributed by atoms with Crippen molar-refractivity contribution in [3.8, 4) is 0 Å². The van der Waals surface area contributed by atoms with Crippen molar-refractivity contribution >= 4 is 48.5 Å². The van der Waals surface area contributed by atoms with Gasteiger partial charge in [-0.3, -0.25) is 0 Å². The van der Waals surface area contributed by atoms with Crippen LogP contribution < -0.4 is 0 Å². The molecule has 2 aromatic heterocycles. The quantitative estimate of drug-likeness (QED) is 0.436. The van der Waals surface area contributed by atoms with Gasteiger partial charge in [0.1, 0.15) is 0 Å². The summed E-state index contributed by atoms with van der Waals surface area (Å²) in [6, 6.07) is 13.2. The highest BCUT2D eigenvalue weighted by Crippen LogP contribution is 2.41. The van der Waals surface area contributed by atoms with Crippen molar-refractivity contribution in [3.63, 3.8) is 0 Å². The van der Waals surface area contributed by atoms with E-state index >= 15 is 0 Å². The molecule has 2 heterocycles. The van der Waals surface area contributed by atoms with Gasteiger partial charge in [0.05, 0.1) is 0 Å². The van der Waals surface area contributed by atoms with Gasteiger partial charge in [0, 0.05) is 42.3 Å². The molecule has 0 saturated carbocycles. The Labute approximate surface area is 120 Å². The molecule has 1 nitrogen and oxygen atoms in total. The molecule has 1 aliphatic carbocycles. The average Bonchev–Trinajstić information content (AvgIpc) is 3.04. The monoisotopic (exact) mass is 275 g/mol. The van der Waals surface area contributed by atoms with E-state index in [1.165, 1.54) is 42.3 Å². The van der Waals surface area contributed by atoms with E-state index in [0.717, 1.165) is 12.8 Å². The Kier molecular flexibility index (Phi) is 2.00. The van der Waals surface area contributed by atoms with Gasteiger partial charge in [0.25, 0.3) is 0 Å². The van der Waals surface area contributed by atoms with E-state index in [1.807, 2.05) is 11.3 Å². The standard InChI is InChI=1S/C18H13NS/c1-3-7-13-11(5-1)17-14(19-13)9-10-16-18(17)12-6-2-4-8-15(12)20-16/h1-2,4-6,8-10,19H,3,7H2. The van der Waals surface area contributed by atoms with Crippen molar-refractivity contribution < 1.29 is 0 Å². The van der Waals surface area contributed by atoms with Crippen molar-refractivity contribution in [2.24, 2.45) is 0 Å². The van der Waals surface area contributed by atoms with E-state index in [1.54, 1.807) is 0 Å². The molecule has 20 heavy (non-hydrogen) atoms. The molecule has 0 atom stereocenters. The third-order valence-electron chi connectivity index (χ3n) is 4.27. The van der Waals surface area contributed by atoms with Crippen LogP contribution >= 0.6 is 11.3 Å². The fourth-order valence-corrected chi connectivity index (χ4v) is 4.51. The third-order valence-corrected chi connectivity index (χ3v) is 5.40. The van der Waals surface area contributed by atoms with Gasteiger partial charge in [0.15, 0.2) is 0 Å². The van der Waals surface area contributed by atoms with Gasteiger partial charge in [0.2, 0.25) is 0 Å². The number of rotatable bonds is 0. The normalized spacial score (nSPS) is 14.4. The van der Waals surface area contributed by atoms with Crippen LogP contribution in [0.4, 0.5) is 0 Å². The molecular formula is C18H13NS. The highest BCUT2D eigenvalue weighted by Gasteiger charge is 2.16. The van der Waals surface area contributed by atoms with E-state index in [2.05, 4.69) is 53.5 Å². The summed E-state index contributed by atoms with van der Waals surface area (Å²) in [5.74, 6) is 0. The maximum absolute atomic E-state index is 3.62. The number of nitrogens with one attached hydrogen (secondary N) is 1. The van der Waals surface area contributed by atoms with E-state index in [0.29, 0.717) is 0 Å². The second-order valence-electron chi connectivity index (χ2n) is 5.42. The number of hydrogen-bond acceptors (Lipinski definition) is 1. The minimum atomic E-state index is 1.13. The predicted molar refractivity (Wildman–Crippen MR) is 88.5 cm³/mol. The number of benzene rings is 2. The SMILES string of the molecule is C1=Cc2c([nH]c3ccc4sc5ccccc5c4c23)CC1. The lowest BCUT2D eigenvalue weighted by molar-refractivity contribution is 0.951. The Morgan fingerprint density at radius 2 is 1.90 bits per heavy atom.